The van der Waals surface area contributed by atoms with Gasteiger partial charge in [-0.3, -0.25) is 4.79 Å². The molecule has 2 aromatic rings. The Balaban J connectivity index is 1.91. The number of carboxylic acids is 1. The average molecular weight is 393 g/mol. The van der Waals surface area contributed by atoms with Crippen LogP contribution in [0.25, 0.3) is 11.0 Å². The highest BCUT2D eigenvalue weighted by Crippen LogP contribution is 2.29. The number of amides is 1. The van der Waals surface area contributed by atoms with E-state index >= 15 is 0 Å². The van der Waals surface area contributed by atoms with E-state index in [2.05, 4.69) is 10.3 Å². The third-order valence-electron chi connectivity index (χ3n) is 4.92. The summed E-state index contributed by atoms with van der Waals surface area (Å²) in [5.74, 6) is -0.856. The van der Waals surface area contributed by atoms with Gasteiger partial charge in [0, 0.05) is 5.56 Å². The number of imidazole rings is 1. The number of carboxylic acid groups (broad SMARTS) is 1. The lowest BCUT2D eigenvalue weighted by molar-refractivity contribution is -0.140. The number of hydrogen-bond donors (Lipinski definition) is 2. The molecule has 2 heterocycles. The van der Waals surface area contributed by atoms with Crippen LogP contribution in [-0.4, -0.2) is 52.5 Å². The van der Waals surface area contributed by atoms with Crippen molar-refractivity contribution in [1.82, 2.24) is 14.9 Å². The smallest absolute Gasteiger partial charge is 0.326 e. The number of aryl methyl sites for hydroxylation is 1. The SMILES string of the molecule is Cc1nc2cc(C(=O)N[C@H](C(=O)O)C(C)C)ccc2n1[C@@H]1CCS(=O)(=O)C1. The zero-order valence-electron chi connectivity index (χ0n) is 15.5. The van der Waals surface area contributed by atoms with Crippen LogP contribution < -0.4 is 5.32 Å². The van der Waals surface area contributed by atoms with Gasteiger partial charge in [-0.1, -0.05) is 13.8 Å². The molecule has 1 saturated heterocycles. The van der Waals surface area contributed by atoms with Crippen LogP contribution in [0.1, 0.15) is 42.5 Å². The molecule has 3 rings (SSSR count). The summed E-state index contributed by atoms with van der Waals surface area (Å²) in [6.07, 6.45) is 0.547. The normalized spacial score (nSPS) is 20.1. The van der Waals surface area contributed by atoms with Crippen molar-refractivity contribution in [1.29, 1.82) is 0 Å². The van der Waals surface area contributed by atoms with Crippen molar-refractivity contribution in [3.05, 3.63) is 29.6 Å². The van der Waals surface area contributed by atoms with Crippen LogP contribution in [0.2, 0.25) is 0 Å². The number of aliphatic carboxylic acids is 1. The number of nitrogens with one attached hydrogen (secondary N) is 1. The minimum atomic E-state index is -3.03. The first kappa shape index (κ1) is 19.3. The number of hydrogen-bond acceptors (Lipinski definition) is 5. The Morgan fingerprint density at radius 2 is 2.04 bits per heavy atom. The zero-order chi connectivity index (χ0) is 19.9. The van der Waals surface area contributed by atoms with Crippen LogP contribution >= 0.6 is 0 Å². The van der Waals surface area contributed by atoms with E-state index in [1.165, 1.54) is 0 Å². The minimum absolute atomic E-state index is 0.0935. The molecule has 146 valence electrons. The third kappa shape index (κ3) is 3.83. The van der Waals surface area contributed by atoms with E-state index < -0.39 is 27.8 Å². The molecule has 2 atom stereocenters. The van der Waals surface area contributed by atoms with Crippen LogP contribution in [0.15, 0.2) is 18.2 Å². The predicted octanol–water partition coefficient (Wildman–Crippen LogP) is 1.54. The minimum Gasteiger partial charge on any atom is -0.480 e. The Morgan fingerprint density at radius 1 is 1.33 bits per heavy atom. The van der Waals surface area contributed by atoms with E-state index in [1.54, 1.807) is 32.0 Å². The van der Waals surface area contributed by atoms with E-state index in [1.807, 2.05) is 11.5 Å². The fourth-order valence-electron chi connectivity index (χ4n) is 3.54. The Kier molecular flexibility index (Phi) is 4.98. The number of carbonyl (C=O) groups is 2. The highest BCUT2D eigenvalue weighted by molar-refractivity contribution is 7.91. The van der Waals surface area contributed by atoms with Crippen molar-refractivity contribution in [2.45, 2.75) is 39.3 Å². The highest BCUT2D eigenvalue weighted by atomic mass is 32.2. The van der Waals surface area contributed by atoms with Crippen LogP contribution in [0.5, 0.6) is 0 Å². The number of aromatic nitrogens is 2. The summed E-state index contributed by atoms with van der Waals surface area (Å²) in [5.41, 5.74) is 1.67. The molecule has 0 saturated carbocycles. The van der Waals surface area contributed by atoms with E-state index in [9.17, 15) is 23.1 Å². The molecule has 2 N–H and O–H groups in total. The Labute approximate surface area is 157 Å². The molecular weight excluding hydrogens is 370 g/mol. The average Bonchev–Trinajstić information content (AvgIpc) is 3.08. The number of benzene rings is 1. The van der Waals surface area contributed by atoms with Crippen LogP contribution in [0, 0.1) is 12.8 Å². The molecular formula is C18H23N3O5S. The molecule has 1 fully saturated rings. The van der Waals surface area contributed by atoms with Gasteiger partial charge in [0.15, 0.2) is 9.84 Å². The van der Waals surface area contributed by atoms with E-state index in [-0.39, 0.29) is 23.5 Å². The van der Waals surface area contributed by atoms with Gasteiger partial charge in [0.1, 0.15) is 11.9 Å². The first-order valence-electron chi connectivity index (χ1n) is 8.82. The van der Waals surface area contributed by atoms with Gasteiger partial charge in [0.05, 0.1) is 28.6 Å². The van der Waals surface area contributed by atoms with Crippen LogP contribution in [0.4, 0.5) is 0 Å². The first-order chi connectivity index (χ1) is 12.6. The molecule has 0 radical (unpaired) electrons. The number of rotatable bonds is 5. The standard InChI is InChI=1S/C18H23N3O5S/c1-10(2)16(18(23)24)20-17(22)12-4-5-15-14(8-12)19-11(3)21(15)13-6-7-27(25,26)9-13/h4-5,8,10,13,16H,6-7,9H2,1-3H3,(H,20,22)(H,23,24)/t13-,16+/m1/s1. The molecule has 1 aliphatic rings. The molecule has 0 bridgehead atoms. The number of sulfone groups is 1. The molecule has 0 spiro atoms. The summed E-state index contributed by atoms with van der Waals surface area (Å²) in [7, 11) is -3.03. The fraction of sp³-hybridized carbons (Fsp3) is 0.500. The second-order valence-electron chi connectivity index (χ2n) is 7.32. The number of carbonyl (C=O) groups excluding carboxylic acids is 1. The predicted molar refractivity (Wildman–Crippen MR) is 101 cm³/mol. The number of fused-ring (bicyclic) bond motifs is 1. The molecule has 27 heavy (non-hydrogen) atoms. The lowest BCUT2D eigenvalue weighted by atomic mass is 10.0. The highest BCUT2D eigenvalue weighted by Gasteiger charge is 2.31. The fourth-order valence-corrected chi connectivity index (χ4v) is 5.24. The van der Waals surface area contributed by atoms with Gasteiger partial charge < -0.3 is 15.0 Å². The second kappa shape index (κ2) is 6.95. The van der Waals surface area contributed by atoms with E-state index in [4.69, 9.17) is 0 Å². The monoisotopic (exact) mass is 393 g/mol. The molecule has 1 aromatic carbocycles. The third-order valence-corrected chi connectivity index (χ3v) is 6.67. The Morgan fingerprint density at radius 3 is 2.59 bits per heavy atom. The van der Waals surface area contributed by atoms with E-state index in [0.717, 1.165) is 5.52 Å². The van der Waals surface area contributed by atoms with Crippen molar-refractivity contribution in [3.8, 4) is 0 Å². The molecule has 9 heteroatoms. The van der Waals surface area contributed by atoms with Crippen molar-refractivity contribution < 1.29 is 23.1 Å². The molecule has 0 unspecified atom stereocenters. The van der Waals surface area contributed by atoms with Crippen molar-refractivity contribution >= 4 is 32.7 Å². The summed E-state index contributed by atoms with van der Waals surface area (Å²) in [5, 5.41) is 11.8. The van der Waals surface area contributed by atoms with Gasteiger partial charge in [-0.2, -0.15) is 0 Å². The zero-order valence-corrected chi connectivity index (χ0v) is 16.3. The summed E-state index contributed by atoms with van der Waals surface area (Å²) in [4.78, 5) is 28.2. The summed E-state index contributed by atoms with van der Waals surface area (Å²) < 4.78 is 25.5. The second-order valence-corrected chi connectivity index (χ2v) is 9.55. The van der Waals surface area contributed by atoms with Crippen LogP contribution in [0.3, 0.4) is 0 Å². The topological polar surface area (TPSA) is 118 Å². The molecule has 0 aliphatic carbocycles. The van der Waals surface area contributed by atoms with Gasteiger partial charge in [-0.25, -0.2) is 18.2 Å². The van der Waals surface area contributed by atoms with Gasteiger partial charge in [0.25, 0.3) is 5.91 Å². The van der Waals surface area contributed by atoms with Crippen molar-refractivity contribution in [3.63, 3.8) is 0 Å². The van der Waals surface area contributed by atoms with E-state index in [0.29, 0.717) is 23.3 Å². The number of nitrogens with zero attached hydrogens (tertiary/aromatic N) is 2. The van der Waals surface area contributed by atoms with Crippen molar-refractivity contribution in [2.24, 2.45) is 5.92 Å². The van der Waals surface area contributed by atoms with Gasteiger partial charge >= 0.3 is 5.97 Å². The molecule has 1 aromatic heterocycles. The first-order valence-corrected chi connectivity index (χ1v) is 10.6. The Hall–Kier alpha value is -2.42. The molecule has 8 nitrogen and oxygen atoms in total. The summed E-state index contributed by atoms with van der Waals surface area (Å²) in [6, 6.07) is 3.82. The van der Waals surface area contributed by atoms with Crippen molar-refractivity contribution in [2.75, 3.05) is 11.5 Å². The summed E-state index contributed by atoms with van der Waals surface area (Å²) >= 11 is 0. The molecule has 1 amide bonds. The Bertz CT molecular complexity index is 1010. The molecule has 1 aliphatic heterocycles. The summed E-state index contributed by atoms with van der Waals surface area (Å²) in [6.45, 7) is 5.26. The van der Waals surface area contributed by atoms with Gasteiger partial charge in [-0.05, 0) is 37.5 Å². The lowest BCUT2D eigenvalue weighted by Gasteiger charge is -2.18. The lowest BCUT2D eigenvalue weighted by Crippen LogP contribution is -2.44. The quantitative estimate of drug-likeness (QED) is 0.795. The van der Waals surface area contributed by atoms with Crippen LogP contribution in [-0.2, 0) is 14.6 Å². The van der Waals surface area contributed by atoms with Gasteiger partial charge in [0.2, 0.25) is 0 Å². The maximum atomic E-state index is 12.5. The largest absolute Gasteiger partial charge is 0.480 e. The van der Waals surface area contributed by atoms with Gasteiger partial charge in [-0.15, -0.1) is 0 Å². The maximum Gasteiger partial charge on any atom is 0.326 e. The maximum absolute atomic E-state index is 12.5.